The van der Waals surface area contributed by atoms with Crippen molar-refractivity contribution >= 4 is 23.0 Å². The quantitative estimate of drug-likeness (QED) is 0.488. The van der Waals surface area contributed by atoms with Crippen molar-refractivity contribution in [2.24, 2.45) is 0 Å². The number of hydrogen-bond donors (Lipinski definition) is 1. The normalized spacial score (nSPS) is 16.6. The first-order chi connectivity index (χ1) is 17.5. The second-order valence-electron chi connectivity index (χ2n) is 10.6. The monoisotopic (exact) mass is 507 g/mol. The standard InChI is InChI=1S/C29H37N3O5/c1-18-14-20(8-9-21(18)27(33)36-7)24-16-30-11-13-31(24)17-23-22-10-12-32(28(34)37-29(3,4)5)26(22)19(2)15-25(23)35-6/h8-10,12,14-15,24,30H,11,13,16-17H2,1-7H3. The molecule has 0 spiro atoms. The number of nitrogens with zero attached hydrogens (tertiary/aromatic N) is 2. The molecule has 1 fully saturated rings. The largest absolute Gasteiger partial charge is 0.496 e. The van der Waals surface area contributed by atoms with Crippen molar-refractivity contribution in [3.8, 4) is 5.75 Å². The third-order valence-electron chi connectivity index (χ3n) is 6.80. The van der Waals surface area contributed by atoms with Crippen LogP contribution in [0.4, 0.5) is 4.79 Å². The lowest BCUT2D eigenvalue weighted by Gasteiger charge is -2.37. The second-order valence-corrected chi connectivity index (χ2v) is 10.6. The SMILES string of the molecule is COC(=O)c1ccc(C2CNCCN2Cc2c(OC)cc(C)c3c2ccn3C(=O)OC(C)(C)C)cc1C. The Bertz CT molecular complexity index is 1320. The first kappa shape index (κ1) is 26.7. The van der Waals surface area contributed by atoms with Gasteiger partial charge >= 0.3 is 12.1 Å². The van der Waals surface area contributed by atoms with Crippen LogP contribution in [0.3, 0.4) is 0 Å². The van der Waals surface area contributed by atoms with Crippen molar-refractivity contribution in [1.29, 1.82) is 0 Å². The Balaban J connectivity index is 1.72. The Kier molecular flexibility index (Phi) is 7.62. The number of ether oxygens (including phenoxy) is 3. The molecule has 0 saturated carbocycles. The molecule has 2 heterocycles. The van der Waals surface area contributed by atoms with E-state index in [9.17, 15) is 9.59 Å². The third kappa shape index (κ3) is 5.50. The molecular formula is C29H37N3O5. The zero-order chi connectivity index (χ0) is 26.9. The minimum Gasteiger partial charge on any atom is -0.496 e. The van der Waals surface area contributed by atoms with Crippen LogP contribution in [0.5, 0.6) is 5.75 Å². The van der Waals surface area contributed by atoms with Crippen LogP contribution in [0.25, 0.3) is 10.9 Å². The fourth-order valence-corrected chi connectivity index (χ4v) is 5.07. The van der Waals surface area contributed by atoms with Crippen molar-refractivity contribution in [3.63, 3.8) is 0 Å². The van der Waals surface area contributed by atoms with Gasteiger partial charge in [-0.05, 0) is 69.5 Å². The molecule has 0 bridgehead atoms. The number of nitrogens with one attached hydrogen (secondary N) is 1. The van der Waals surface area contributed by atoms with Crippen molar-refractivity contribution < 1.29 is 23.8 Å². The van der Waals surface area contributed by atoms with Gasteiger partial charge in [0.1, 0.15) is 11.4 Å². The lowest BCUT2D eigenvalue weighted by Crippen LogP contribution is -2.45. The van der Waals surface area contributed by atoms with Crippen LogP contribution in [0.2, 0.25) is 0 Å². The molecule has 0 radical (unpaired) electrons. The topological polar surface area (TPSA) is 82.0 Å². The number of hydrogen-bond acceptors (Lipinski definition) is 7. The van der Waals surface area contributed by atoms with E-state index in [-0.39, 0.29) is 12.0 Å². The number of carbonyl (C=O) groups is 2. The maximum absolute atomic E-state index is 13.0. The summed E-state index contributed by atoms with van der Waals surface area (Å²) in [7, 11) is 3.08. The lowest BCUT2D eigenvalue weighted by atomic mass is 9.96. The molecule has 1 aromatic heterocycles. The number of fused-ring (bicyclic) bond motifs is 1. The van der Waals surface area contributed by atoms with E-state index in [1.165, 1.54) is 7.11 Å². The van der Waals surface area contributed by atoms with Crippen LogP contribution < -0.4 is 10.1 Å². The first-order valence-corrected chi connectivity index (χ1v) is 12.6. The van der Waals surface area contributed by atoms with E-state index in [0.29, 0.717) is 12.1 Å². The van der Waals surface area contributed by atoms with Gasteiger partial charge < -0.3 is 19.5 Å². The zero-order valence-electron chi connectivity index (χ0n) is 22.8. The number of methoxy groups -OCH3 is 2. The summed E-state index contributed by atoms with van der Waals surface area (Å²) >= 11 is 0. The second kappa shape index (κ2) is 10.6. The molecule has 0 amide bonds. The Labute approximate surface area is 218 Å². The minimum atomic E-state index is -0.591. The van der Waals surface area contributed by atoms with E-state index in [4.69, 9.17) is 14.2 Å². The minimum absolute atomic E-state index is 0.105. The van der Waals surface area contributed by atoms with Gasteiger partial charge in [0.05, 0.1) is 25.3 Å². The van der Waals surface area contributed by atoms with Crippen molar-refractivity contribution in [2.75, 3.05) is 33.9 Å². The van der Waals surface area contributed by atoms with Crippen LogP contribution in [0, 0.1) is 13.8 Å². The zero-order valence-corrected chi connectivity index (χ0v) is 22.8. The summed E-state index contributed by atoms with van der Waals surface area (Å²) in [4.78, 5) is 27.5. The summed E-state index contributed by atoms with van der Waals surface area (Å²) in [6.07, 6.45) is 1.38. The maximum atomic E-state index is 13.0. The van der Waals surface area contributed by atoms with Gasteiger partial charge in [-0.2, -0.15) is 0 Å². The van der Waals surface area contributed by atoms with Gasteiger partial charge in [0.2, 0.25) is 0 Å². The molecule has 4 rings (SSSR count). The number of carbonyl (C=O) groups excluding carboxylic acids is 2. The Morgan fingerprint density at radius 3 is 2.49 bits per heavy atom. The van der Waals surface area contributed by atoms with Crippen molar-refractivity contribution in [2.45, 2.75) is 52.8 Å². The van der Waals surface area contributed by atoms with Gasteiger partial charge in [0.25, 0.3) is 0 Å². The summed E-state index contributed by atoms with van der Waals surface area (Å²) in [6, 6.07) is 9.98. The van der Waals surface area contributed by atoms with E-state index >= 15 is 0 Å². The summed E-state index contributed by atoms with van der Waals surface area (Å²) < 4.78 is 18.0. The molecule has 1 unspecified atom stereocenters. The van der Waals surface area contributed by atoms with Gasteiger partial charge in [-0.25, -0.2) is 9.59 Å². The molecule has 1 aliphatic heterocycles. The van der Waals surface area contributed by atoms with Gasteiger partial charge in [-0.1, -0.05) is 12.1 Å². The highest BCUT2D eigenvalue weighted by Gasteiger charge is 2.28. The third-order valence-corrected chi connectivity index (χ3v) is 6.80. The average molecular weight is 508 g/mol. The number of aryl methyl sites for hydroxylation is 2. The lowest BCUT2D eigenvalue weighted by molar-refractivity contribution is 0.0542. The highest BCUT2D eigenvalue weighted by Crippen LogP contribution is 2.36. The summed E-state index contributed by atoms with van der Waals surface area (Å²) in [5, 5.41) is 4.47. The Morgan fingerprint density at radius 1 is 1.08 bits per heavy atom. The molecule has 198 valence electrons. The Morgan fingerprint density at radius 2 is 1.84 bits per heavy atom. The summed E-state index contributed by atoms with van der Waals surface area (Å²) in [5.41, 5.74) is 4.80. The van der Waals surface area contributed by atoms with Crippen LogP contribution >= 0.6 is 0 Å². The first-order valence-electron chi connectivity index (χ1n) is 12.6. The van der Waals surface area contributed by atoms with Gasteiger partial charge in [-0.15, -0.1) is 0 Å². The molecule has 8 heteroatoms. The van der Waals surface area contributed by atoms with Crippen LogP contribution in [-0.4, -0.2) is 61.0 Å². The van der Waals surface area contributed by atoms with Gasteiger partial charge in [0.15, 0.2) is 0 Å². The average Bonchev–Trinajstić information content (AvgIpc) is 3.30. The predicted molar refractivity (Wildman–Crippen MR) is 143 cm³/mol. The Hall–Kier alpha value is -3.36. The number of benzene rings is 2. The molecule has 1 atom stereocenters. The van der Waals surface area contributed by atoms with Crippen LogP contribution in [0.15, 0.2) is 36.5 Å². The van der Waals surface area contributed by atoms with E-state index in [1.54, 1.807) is 17.9 Å². The maximum Gasteiger partial charge on any atom is 0.419 e. The van der Waals surface area contributed by atoms with Crippen molar-refractivity contribution in [3.05, 3.63) is 64.3 Å². The van der Waals surface area contributed by atoms with E-state index in [1.807, 2.05) is 58.9 Å². The van der Waals surface area contributed by atoms with E-state index < -0.39 is 11.7 Å². The summed E-state index contributed by atoms with van der Waals surface area (Å²) in [6.45, 7) is 12.6. The molecule has 1 N–H and O–H groups in total. The molecule has 3 aromatic rings. The van der Waals surface area contributed by atoms with Crippen molar-refractivity contribution in [1.82, 2.24) is 14.8 Å². The number of rotatable bonds is 5. The number of piperazine rings is 1. The van der Waals surface area contributed by atoms with E-state index in [0.717, 1.165) is 58.5 Å². The van der Waals surface area contributed by atoms with Crippen LogP contribution in [0.1, 0.15) is 59.4 Å². The number of aromatic nitrogens is 1. The molecule has 1 saturated heterocycles. The van der Waals surface area contributed by atoms with Crippen LogP contribution in [-0.2, 0) is 16.0 Å². The molecular weight excluding hydrogens is 470 g/mol. The molecule has 0 aliphatic carbocycles. The fourth-order valence-electron chi connectivity index (χ4n) is 5.07. The van der Waals surface area contributed by atoms with Gasteiger partial charge in [-0.3, -0.25) is 9.47 Å². The van der Waals surface area contributed by atoms with Gasteiger partial charge in [0, 0.05) is 49.4 Å². The fraction of sp³-hybridized carbons (Fsp3) is 0.448. The molecule has 8 nitrogen and oxygen atoms in total. The molecule has 1 aliphatic rings. The summed E-state index contributed by atoms with van der Waals surface area (Å²) in [5.74, 6) is 0.463. The smallest absolute Gasteiger partial charge is 0.419 e. The molecule has 2 aromatic carbocycles. The molecule has 37 heavy (non-hydrogen) atoms. The highest BCUT2D eigenvalue weighted by molar-refractivity contribution is 5.95. The number of esters is 1. The van der Waals surface area contributed by atoms with E-state index in [2.05, 4.69) is 16.3 Å². The predicted octanol–water partition coefficient (Wildman–Crippen LogP) is 4.98. The highest BCUT2D eigenvalue weighted by atomic mass is 16.6.